The molecule has 0 bridgehead atoms. The summed E-state index contributed by atoms with van der Waals surface area (Å²) < 4.78 is 0. The summed E-state index contributed by atoms with van der Waals surface area (Å²) in [5.41, 5.74) is 0.826. The molecule has 0 saturated carbocycles. The summed E-state index contributed by atoms with van der Waals surface area (Å²) in [6.07, 6.45) is 6.69. The van der Waals surface area contributed by atoms with Crippen LogP contribution in [0.2, 0.25) is 0 Å². The molecule has 10 heavy (non-hydrogen) atoms. The molecule has 2 heteroatoms. The van der Waals surface area contributed by atoms with Crippen LogP contribution in [0.25, 0.3) is 0 Å². The van der Waals surface area contributed by atoms with Crippen molar-refractivity contribution in [2.75, 3.05) is 0 Å². The Kier molecular flexibility index (Phi) is 9.05. The first-order chi connectivity index (χ1) is 3.93. The van der Waals surface area contributed by atoms with Crippen LogP contribution in [0.15, 0.2) is 30.3 Å². The van der Waals surface area contributed by atoms with Crippen LogP contribution in [0.4, 0.5) is 0 Å². The van der Waals surface area contributed by atoms with Crippen molar-refractivity contribution in [3.63, 3.8) is 0 Å². The van der Waals surface area contributed by atoms with Crippen molar-refractivity contribution in [2.45, 2.75) is 0 Å². The predicted molar refractivity (Wildman–Crippen MR) is 38.4 cm³/mol. The second-order valence-corrected chi connectivity index (χ2v) is 1.49. The van der Waals surface area contributed by atoms with E-state index >= 15 is 0 Å². The minimum absolute atomic E-state index is 0. The second-order valence-electron chi connectivity index (χ2n) is 1.49. The van der Waals surface area contributed by atoms with Gasteiger partial charge in [-0.15, -0.1) is 17.7 Å². The van der Waals surface area contributed by atoms with Gasteiger partial charge in [0.2, 0.25) is 0 Å². The molecule has 1 aromatic rings. The van der Waals surface area contributed by atoms with Crippen molar-refractivity contribution >= 4 is 23.1 Å². The van der Waals surface area contributed by atoms with Crippen LogP contribution in [-0.4, -0.2) is 23.1 Å². The first-order valence-corrected chi connectivity index (χ1v) is 2.41. The van der Waals surface area contributed by atoms with Gasteiger partial charge in [0.1, 0.15) is 0 Å². The molecular formula is C8H5BrMg. The van der Waals surface area contributed by atoms with Crippen molar-refractivity contribution in [3.05, 3.63) is 42.3 Å². The molecule has 0 radical (unpaired) electrons. The molecule has 46 valence electrons. The summed E-state index contributed by atoms with van der Waals surface area (Å²) in [4.78, 5) is 0. The van der Waals surface area contributed by atoms with E-state index in [2.05, 4.69) is 5.92 Å². The molecule has 0 N–H and O–H groups in total. The monoisotopic (exact) mass is 204 g/mol. The number of rotatable bonds is 0. The van der Waals surface area contributed by atoms with E-state index in [1.807, 2.05) is 30.3 Å². The fourth-order valence-electron chi connectivity index (χ4n) is 0.521. The van der Waals surface area contributed by atoms with Gasteiger partial charge in [0.25, 0.3) is 0 Å². The third kappa shape index (κ3) is 3.94. The van der Waals surface area contributed by atoms with Gasteiger partial charge in [0.15, 0.2) is 0 Å². The zero-order valence-electron chi connectivity index (χ0n) is 5.47. The molecule has 1 rings (SSSR count). The topological polar surface area (TPSA) is 0 Å². The summed E-state index contributed by atoms with van der Waals surface area (Å²) >= 11 is 0. The van der Waals surface area contributed by atoms with Crippen molar-refractivity contribution in [1.82, 2.24) is 0 Å². The third-order valence-electron chi connectivity index (χ3n) is 0.918. The molecule has 0 unspecified atom stereocenters. The molecule has 0 aliphatic rings. The summed E-state index contributed by atoms with van der Waals surface area (Å²) in [5, 5.41) is 0. The molecule has 0 spiro atoms. The molecule has 0 fully saturated rings. The molecule has 0 nitrogen and oxygen atoms in total. The average Bonchev–Trinajstić information content (AvgIpc) is 1.90. The first-order valence-electron chi connectivity index (χ1n) is 2.41. The summed E-state index contributed by atoms with van der Waals surface area (Å²) in [7, 11) is 0. The molecule has 0 aliphatic carbocycles. The Morgan fingerprint density at radius 3 is 1.90 bits per heavy atom. The van der Waals surface area contributed by atoms with Crippen LogP contribution in [0.3, 0.4) is 0 Å². The van der Waals surface area contributed by atoms with E-state index < -0.39 is 0 Å². The van der Waals surface area contributed by atoms with E-state index in [0.717, 1.165) is 5.56 Å². The second kappa shape index (κ2) is 7.14. The maximum atomic E-state index is 6.69. The molecule has 0 aliphatic heterocycles. The van der Waals surface area contributed by atoms with Crippen molar-refractivity contribution in [1.29, 1.82) is 0 Å². The van der Waals surface area contributed by atoms with Gasteiger partial charge in [0, 0.05) is 0 Å². The van der Waals surface area contributed by atoms with Crippen LogP contribution in [0.5, 0.6) is 0 Å². The maximum absolute atomic E-state index is 6.69. The Labute approximate surface area is 87.9 Å². The Hall–Kier alpha value is 0.0262. The molecule has 0 amide bonds. The summed E-state index contributed by atoms with van der Waals surface area (Å²) in [6.45, 7) is 0. The summed E-state index contributed by atoms with van der Waals surface area (Å²) in [5.74, 6) is 2.28. The number of halogens is 1. The van der Waals surface area contributed by atoms with Gasteiger partial charge in [-0.1, -0.05) is 18.2 Å². The number of benzene rings is 1. The van der Waals surface area contributed by atoms with E-state index in [-0.39, 0.29) is 40.0 Å². The Morgan fingerprint density at radius 2 is 1.60 bits per heavy atom. The van der Waals surface area contributed by atoms with Gasteiger partial charge < -0.3 is 23.4 Å². The molecule has 0 saturated heterocycles. The van der Waals surface area contributed by atoms with Gasteiger partial charge in [0.05, 0.1) is 0 Å². The van der Waals surface area contributed by atoms with E-state index in [9.17, 15) is 0 Å². The largest absolute Gasteiger partial charge is 2.00 e. The minimum atomic E-state index is 0. The van der Waals surface area contributed by atoms with Gasteiger partial charge in [-0.25, -0.2) is 0 Å². The minimum Gasteiger partial charge on any atom is -1.00 e. The van der Waals surface area contributed by atoms with Gasteiger partial charge >= 0.3 is 23.1 Å². The normalized spacial score (nSPS) is 6.30. The van der Waals surface area contributed by atoms with Crippen LogP contribution in [0.1, 0.15) is 5.56 Å². The zero-order valence-corrected chi connectivity index (χ0v) is 8.47. The fourth-order valence-corrected chi connectivity index (χ4v) is 0.521. The van der Waals surface area contributed by atoms with Crippen LogP contribution in [0, 0.1) is 12.3 Å². The average molecular weight is 205 g/mol. The molecule has 0 heterocycles. The van der Waals surface area contributed by atoms with Gasteiger partial charge in [-0.05, 0) is 0 Å². The quantitative estimate of drug-likeness (QED) is 0.268. The standard InChI is InChI=1S/C8H5.BrH.Mg/c1-2-8-6-4-3-5-7-8;;/h3-7H;1H;/q-1;;+2/p-1. The molecule has 0 atom stereocenters. The SMILES string of the molecule is [Br-].[C-]#Cc1ccccc1.[Mg+2]. The van der Waals surface area contributed by atoms with Crippen molar-refractivity contribution < 1.29 is 17.0 Å². The summed E-state index contributed by atoms with van der Waals surface area (Å²) in [6, 6.07) is 9.37. The number of hydrogen-bond donors (Lipinski definition) is 0. The van der Waals surface area contributed by atoms with Crippen molar-refractivity contribution in [2.24, 2.45) is 0 Å². The smallest absolute Gasteiger partial charge is 1.00 e. The third-order valence-corrected chi connectivity index (χ3v) is 0.918. The van der Waals surface area contributed by atoms with E-state index in [4.69, 9.17) is 6.42 Å². The Bertz CT molecular complexity index is 200. The molecular weight excluding hydrogens is 200 g/mol. The predicted octanol–water partition coefficient (Wildman–Crippen LogP) is -1.75. The Balaban J connectivity index is 0. The van der Waals surface area contributed by atoms with E-state index in [1.54, 1.807) is 0 Å². The van der Waals surface area contributed by atoms with Gasteiger partial charge in [-0.2, -0.15) is 0 Å². The van der Waals surface area contributed by atoms with Crippen LogP contribution in [-0.2, 0) is 0 Å². The molecule has 0 aromatic heterocycles. The van der Waals surface area contributed by atoms with Gasteiger partial charge in [-0.3, -0.25) is 5.92 Å². The molecule has 1 aromatic carbocycles. The van der Waals surface area contributed by atoms with Crippen LogP contribution >= 0.6 is 0 Å². The maximum Gasteiger partial charge on any atom is 2.00 e. The van der Waals surface area contributed by atoms with E-state index in [1.165, 1.54) is 0 Å². The van der Waals surface area contributed by atoms with Crippen molar-refractivity contribution in [3.8, 4) is 5.92 Å². The van der Waals surface area contributed by atoms with Crippen LogP contribution < -0.4 is 17.0 Å². The first kappa shape index (κ1) is 12.7. The Morgan fingerprint density at radius 1 is 1.10 bits per heavy atom. The zero-order chi connectivity index (χ0) is 5.82. The van der Waals surface area contributed by atoms with E-state index in [0.29, 0.717) is 0 Å². The fraction of sp³-hybridized carbons (Fsp3) is 0. The number of hydrogen-bond acceptors (Lipinski definition) is 0.